The summed E-state index contributed by atoms with van der Waals surface area (Å²) in [5, 5.41) is 4.35. The first kappa shape index (κ1) is 13.1. The van der Waals surface area contributed by atoms with Crippen molar-refractivity contribution >= 4 is 12.1 Å². The van der Waals surface area contributed by atoms with Gasteiger partial charge in [-0.05, 0) is 27.8 Å². The number of likely N-dealkylation sites (N-methyl/N-ethyl adjacent to an activating group) is 1. The van der Waals surface area contributed by atoms with E-state index in [1.54, 1.807) is 0 Å². The summed E-state index contributed by atoms with van der Waals surface area (Å²) in [5.74, 6) is 0.948. The quantitative estimate of drug-likeness (QED) is 0.736. The van der Waals surface area contributed by atoms with Crippen molar-refractivity contribution < 1.29 is 4.79 Å². The van der Waals surface area contributed by atoms with Crippen LogP contribution in [0.15, 0.2) is 0 Å². The number of anilines is 1. The monoisotopic (exact) mass is 250 g/mol. The number of carbonyl (C=O) groups is 1. The van der Waals surface area contributed by atoms with Crippen LogP contribution in [0.3, 0.4) is 0 Å². The molecule has 1 aromatic rings. The van der Waals surface area contributed by atoms with Crippen LogP contribution in [-0.2, 0) is 7.05 Å². The molecule has 0 aromatic carbocycles. The fraction of sp³-hybridized carbons (Fsp3) is 0.692. The van der Waals surface area contributed by atoms with Gasteiger partial charge in [0.15, 0.2) is 6.29 Å². The Hall–Kier alpha value is -1.36. The molecule has 1 saturated heterocycles. The number of rotatable bonds is 2. The highest BCUT2D eigenvalue weighted by molar-refractivity contribution is 5.84. The first-order valence-corrected chi connectivity index (χ1v) is 6.32. The molecule has 18 heavy (non-hydrogen) atoms. The lowest BCUT2D eigenvalue weighted by Crippen LogP contribution is -2.58. The van der Waals surface area contributed by atoms with Crippen molar-refractivity contribution in [2.24, 2.45) is 7.05 Å². The summed E-state index contributed by atoms with van der Waals surface area (Å²) >= 11 is 0. The second kappa shape index (κ2) is 4.39. The van der Waals surface area contributed by atoms with E-state index in [1.807, 2.05) is 18.7 Å². The smallest absolute Gasteiger partial charge is 0.155 e. The summed E-state index contributed by atoms with van der Waals surface area (Å²) in [5.41, 5.74) is 1.63. The fourth-order valence-corrected chi connectivity index (χ4v) is 2.60. The highest BCUT2D eigenvalue weighted by atomic mass is 16.1. The Labute approximate surface area is 108 Å². The van der Waals surface area contributed by atoms with E-state index in [0.717, 1.165) is 43.0 Å². The fourth-order valence-electron chi connectivity index (χ4n) is 2.60. The predicted octanol–water partition coefficient (Wildman–Crippen LogP) is 1.07. The molecule has 0 unspecified atom stereocenters. The van der Waals surface area contributed by atoms with Crippen LogP contribution in [0, 0.1) is 6.92 Å². The Morgan fingerprint density at radius 3 is 2.50 bits per heavy atom. The molecule has 100 valence electrons. The van der Waals surface area contributed by atoms with Crippen LogP contribution in [0.5, 0.6) is 0 Å². The van der Waals surface area contributed by atoms with E-state index in [2.05, 4.69) is 35.8 Å². The molecule has 0 bridgehead atoms. The highest BCUT2D eigenvalue weighted by Crippen LogP contribution is 2.27. The van der Waals surface area contributed by atoms with E-state index < -0.39 is 0 Å². The molecule has 2 rings (SSSR count). The second-order valence-corrected chi connectivity index (χ2v) is 5.72. The van der Waals surface area contributed by atoms with Gasteiger partial charge in [-0.15, -0.1) is 0 Å². The normalized spacial score (nSPS) is 20.2. The van der Waals surface area contributed by atoms with Crippen molar-refractivity contribution in [2.75, 3.05) is 31.6 Å². The van der Waals surface area contributed by atoms with E-state index in [-0.39, 0.29) is 5.54 Å². The number of carbonyl (C=O) groups excluding carboxylic acids is 1. The zero-order chi connectivity index (χ0) is 13.5. The van der Waals surface area contributed by atoms with Gasteiger partial charge in [0.25, 0.3) is 0 Å². The molecule has 5 nitrogen and oxygen atoms in total. The lowest BCUT2D eigenvalue weighted by atomic mass is 9.99. The van der Waals surface area contributed by atoms with Crippen LogP contribution in [-0.4, -0.2) is 53.2 Å². The van der Waals surface area contributed by atoms with Crippen molar-refractivity contribution in [1.82, 2.24) is 14.7 Å². The molecule has 0 spiro atoms. The summed E-state index contributed by atoms with van der Waals surface area (Å²) in [6, 6.07) is 0. The van der Waals surface area contributed by atoms with Crippen LogP contribution in [0.1, 0.15) is 29.9 Å². The molecule has 1 aliphatic rings. The average Bonchev–Trinajstić information content (AvgIpc) is 2.57. The van der Waals surface area contributed by atoms with Crippen LogP contribution in [0.4, 0.5) is 5.82 Å². The molecule has 0 aliphatic carbocycles. The largest absolute Gasteiger partial charge is 0.353 e. The van der Waals surface area contributed by atoms with Gasteiger partial charge in [-0.1, -0.05) is 0 Å². The lowest BCUT2D eigenvalue weighted by molar-refractivity contribution is 0.112. The molecule has 0 radical (unpaired) electrons. The summed E-state index contributed by atoms with van der Waals surface area (Å²) in [6.07, 6.45) is 0.920. The number of hydrogen-bond donors (Lipinski definition) is 0. The van der Waals surface area contributed by atoms with Gasteiger partial charge in [0.2, 0.25) is 0 Å². The van der Waals surface area contributed by atoms with E-state index >= 15 is 0 Å². The molecule has 0 N–H and O–H groups in total. The van der Waals surface area contributed by atoms with Gasteiger partial charge in [-0.2, -0.15) is 5.10 Å². The highest BCUT2D eigenvalue weighted by Gasteiger charge is 2.33. The van der Waals surface area contributed by atoms with Crippen molar-refractivity contribution in [3.8, 4) is 0 Å². The SMILES string of the molecule is Cc1nn(C)c(N2CCN(C)C(C)(C)C2)c1C=O. The minimum absolute atomic E-state index is 0.108. The van der Waals surface area contributed by atoms with E-state index in [1.165, 1.54) is 0 Å². The molecule has 1 aliphatic heterocycles. The van der Waals surface area contributed by atoms with Gasteiger partial charge in [0.05, 0.1) is 11.3 Å². The molecule has 1 aromatic heterocycles. The third-order valence-electron chi connectivity index (χ3n) is 3.97. The Morgan fingerprint density at radius 1 is 1.28 bits per heavy atom. The van der Waals surface area contributed by atoms with Crippen molar-refractivity contribution in [1.29, 1.82) is 0 Å². The molecule has 5 heteroatoms. The molecule has 1 fully saturated rings. The number of nitrogens with zero attached hydrogens (tertiary/aromatic N) is 4. The standard InChI is InChI=1S/C13H22N4O/c1-10-11(8-18)12(16(5)14-10)17-7-6-15(4)13(2,3)9-17/h8H,6-7,9H2,1-5H3. The first-order chi connectivity index (χ1) is 8.36. The van der Waals surface area contributed by atoms with Crippen LogP contribution >= 0.6 is 0 Å². The van der Waals surface area contributed by atoms with Gasteiger partial charge in [0.1, 0.15) is 5.82 Å². The third kappa shape index (κ3) is 2.03. The molecule has 0 amide bonds. The number of piperazine rings is 1. The molecular weight excluding hydrogens is 228 g/mol. The zero-order valence-electron chi connectivity index (χ0n) is 11.9. The topological polar surface area (TPSA) is 41.4 Å². The Balaban J connectivity index is 2.36. The van der Waals surface area contributed by atoms with Crippen LogP contribution < -0.4 is 4.90 Å². The van der Waals surface area contributed by atoms with Gasteiger partial charge in [-0.25, -0.2) is 0 Å². The molecule has 0 atom stereocenters. The lowest BCUT2D eigenvalue weighted by Gasteiger charge is -2.46. The van der Waals surface area contributed by atoms with E-state index in [9.17, 15) is 4.79 Å². The van der Waals surface area contributed by atoms with Gasteiger partial charge >= 0.3 is 0 Å². The van der Waals surface area contributed by atoms with Crippen molar-refractivity contribution in [3.05, 3.63) is 11.3 Å². The van der Waals surface area contributed by atoms with Gasteiger partial charge < -0.3 is 4.90 Å². The first-order valence-electron chi connectivity index (χ1n) is 6.32. The van der Waals surface area contributed by atoms with Gasteiger partial charge in [-0.3, -0.25) is 14.4 Å². The summed E-state index contributed by atoms with van der Waals surface area (Å²) in [6.45, 7) is 9.17. The Kier molecular flexibility index (Phi) is 3.19. The van der Waals surface area contributed by atoms with Gasteiger partial charge in [0, 0.05) is 32.2 Å². The Bertz CT molecular complexity index is 464. The molecule has 0 saturated carbocycles. The van der Waals surface area contributed by atoms with Crippen molar-refractivity contribution in [3.63, 3.8) is 0 Å². The molecular formula is C13H22N4O. The minimum Gasteiger partial charge on any atom is -0.353 e. The summed E-state index contributed by atoms with van der Waals surface area (Å²) in [7, 11) is 4.05. The third-order valence-corrected chi connectivity index (χ3v) is 3.97. The number of aromatic nitrogens is 2. The van der Waals surface area contributed by atoms with E-state index in [4.69, 9.17) is 0 Å². The zero-order valence-corrected chi connectivity index (χ0v) is 11.9. The van der Waals surface area contributed by atoms with Crippen molar-refractivity contribution in [2.45, 2.75) is 26.3 Å². The van der Waals surface area contributed by atoms with Crippen LogP contribution in [0.25, 0.3) is 0 Å². The number of aldehydes is 1. The second-order valence-electron chi connectivity index (χ2n) is 5.72. The molecule has 2 heterocycles. The minimum atomic E-state index is 0.108. The Morgan fingerprint density at radius 2 is 1.94 bits per heavy atom. The summed E-state index contributed by atoms with van der Waals surface area (Å²) in [4.78, 5) is 15.9. The maximum Gasteiger partial charge on any atom is 0.155 e. The summed E-state index contributed by atoms with van der Waals surface area (Å²) < 4.78 is 1.82. The van der Waals surface area contributed by atoms with Crippen LogP contribution in [0.2, 0.25) is 0 Å². The predicted molar refractivity (Wildman–Crippen MR) is 72.3 cm³/mol. The maximum absolute atomic E-state index is 11.2. The number of aryl methyl sites for hydroxylation is 2. The average molecular weight is 250 g/mol. The maximum atomic E-state index is 11.2. The number of hydrogen-bond acceptors (Lipinski definition) is 4. The van der Waals surface area contributed by atoms with E-state index in [0.29, 0.717) is 0 Å².